The number of hydrogen-bond acceptors (Lipinski definition) is 10. The molecule has 12 heteroatoms. The largest absolute Gasteiger partial charge is 0.464 e. The highest BCUT2D eigenvalue weighted by Gasteiger charge is 2.41. The molecule has 0 aromatic carbocycles. The van der Waals surface area contributed by atoms with E-state index in [1.54, 1.807) is 0 Å². The van der Waals surface area contributed by atoms with E-state index in [1.807, 2.05) is 0 Å². The number of ether oxygens (including phenoxy) is 4. The molecular formula is C18H28N2O10. The summed E-state index contributed by atoms with van der Waals surface area (Å²) in [6, 6.07) is -2.29. The van der Waals surface area contributed by atoms with Gasteiger partial charge in [-0.05, 0) is 0 Å². The summed E-state index contributed by atoms with van der Waals surface area (Å²) in [5.74, 6) is -4.04. The predicted octanol–water partition coefficient (Wildman–Crippen LogP) is -1.01. The third-order valence-electron chi connectivity index (χ3n) is 3.45. The van der Waals surface area contributed by atoms with E-state index in [-0.39, 0.29) is 0 Å². The molecule has 0 unspecified atom stereocenters. The van der Waals surface area contributed by atoms with E-state index in [9.17, 15) is 28.8 Å². The van der Waals surface area contributed by atoms with Gasteiger partial charge in [0.25, 0.3) is 0 Å². The van der Waals surface area contributed by atoms with E-state index < -0.39 is 73.2 Å². The van der Waals surface area contributed by atoms with Crippen LogP contribution in [0.1, 0.15) is 41.5 Å². The fourth-order valence-corrected chi connectivity index (χ4v) is 2.53. The molecule has 2 amide bonds. The number of carbonyl (C=O) groups is 6. The van der Waals surface area contributed by atoms with Crippen molar-refractivity contribution in [3.05, 3.63) is 0 Å². The third kappa shape index (κ3) is 11.6. The first-order valence-electron chi connectivity index (χ1n) is 8.98. The van der Waals surface area contributed by atoms with Crippen LogP contribution in [0.5, 0.6) is 0 Å². The Bertz CT molecular complexity index is 607. The van der Waals surface area contributed by atoms with E-state index in [4.69, 9.17) is 18.9 Å². The van der Waals surface area contributed by atoms with E-state index >= 15 is 0 Å². The van der Waals surface area contributed by atoms with Gasteiger partial charge < -0.3 is 29.6 Å². The van der Waals surface area contributed by atoms with Crippen molar-refractivity contribution in [1.82, 2.24) is 10.6 Å². The van der Waals surface area contributed by atoms with Gasteiger partial charge in [-0.3, -0.25) is 28.8 Å². The van der Waals surface area contributed by atoms with E-state index in [0.717, 1.165) is 27.7 Å². The Morgan fingerprint density at radius 3 is 1.50 bits per heavy atom. The van der Waals surface area contributed by atoms with Crippen molar-refractivity contribution in [2.24, 2.45) is 0 Å². The first-order chi connectivity index (χ1) is 13.8. The average molecular weight is 432 g/mol. The van der Waals surface area contributed by atoms with Gasteiger partial charge in [-0.1, -0.05) is 0 Å². The molecule has 0 radical (unpaired) electrons. The van der Waals surface area contributed by atoms with Crippen LogP contribution >= 0.6 is 0 Å². The van der Waals surface area contributed by atoms with Gasteiger partial charge in [0.2, 0.25) is 11.8 Å². The summed E-state index contributed by atoms with van der Waals surface area (Å²) in [6.45, 7) is 5.90. The molecule has 0 aromatic rings. The normalized spacial score (nSPS) is 14.2. The summed E-state index contributed by atoms with van der Waals surface area (Å²) in [5.41, 5.74) is 0. The SMILES string of the molecule is CC(=O)N[C@@H]([C@H](OC(C)=O)[C@@H](COC(C)=O)OC(C)=O)[C@H](COC(C)=O)NC(C)=O. The summed E-state index contributed by atoms with van der Waals surface area (Å²) in [4.78, 5) is 69.3. The van der Waals surface area contributed by atoms with Gasteiger partial charge in [0, 0.05) is 41.5 Å². The average Bonchev–Trinajstić information content (AvgIpc) is 2.57. The number of rotatable bonds is 11. The van der Waals surface area contributed by atoms with Crippen LogP contribution < -0.4 is 10.6 Å². The summed E-state index contributed by atoms with van der Waals surface area (Å²) in [5, 5.41) is 5.00. The Morgan fingerprint density at radius 1 is 0.633 bits per heavy atom. The number of esters is 4. The zero-order valence-corrected chi connectivity index (χ0v) is 17.8. The highest BCUT2D eigenvalue weighted by molar-refractivity contribution is 5.75. The maximum Gasteiger partial charge on any atom is 0.303 e. The van der Waals surface area contributed by atoms with Gasteiger partial charge in [-0.2, -0.15) is 0 Å². The first kappa shape index (κ1) is 26.8. The monoisotopic (exact) mass is 432 g/mol. The fourth-order valence-electron chi connectivity index (χ4n) is 2.53. The minimum atomic E-state index is -1.40. The molecule has 0 heterocycles. The lowest BCUT2D eigenvalue weighted by Gasteiger charge is -2.36. The highest BCUT2D eigenvalue weighted by atomic mass is 16.6. The number of amides is 2. The second-order valence-electron chi connectivity index (χ2n) is 6.36. The Hall–Kier alpha value is -3.18. The van der Waals surface area contributed by atoms with Gasteiger partial charge in [-0.25, -0.2) is 0 Å². The quantitative estimate of drug-likeness (QED) is 0.305. The summed E-state index contributed by atoms with van der Waals surface area (Å²) in [7, 11) is 0. The number of hydrogen-bond donors (Lipinski definition) is 2. The number of nitrogens with one attached hydrogen (secondary N) is 2. The predicted molar refractivity (Wildman–Crippen MR) is 99.6 cm³/mol. The van der Waals surface area contributed by atoms with E-state index in [2.05, 4.69) is 10.6 Å². The van der Waals surface area contributed by atoms with Crippen molar-refractivity contribution in [2.45, 2.75) is 65.8 Å². The second-order valence-corrected chi connectivity index (χ2v) is 6.36. The van der Waals surface area contributed by atoms with Crippen molar-refractivity contribution >= 4 is 35.7 Å². The lowest BCUT2D eigenvalue weighted by Crippen LogP contribution is -2.63. The molecule has 4 atom stereocenters. The van der Waals surface area contributed by atoms with Crippen LogP contribution in [-0.2, 0) is 47.7 Å². The third-order valence-corrected chi connectivity index (χ3v) is 3.45. The van der Waals surface area contributed by atoms with Crippen LogP contribution in [0.15, 0.2) is 0 Å². The molecule has 0 rings (SSSR count). The Morgan fingerprint density at radius 2 is 1.10 bits per heavy atom. The molecule has 30 heavy (non-hydrogen) atoms. The van der Waals surface area contributed by atoms with Crippen LogP contribution in [0.2, 0.25) is 0 Å². The molecule has 0 aromatic heterocycles. The maximum atomic E-state index is 11.8. The zero-order chi connectivity index (χ0) is 23.4. The summed E-state index contributed by atoms with van der Waals surface area (Å²) < 4.78 is 20.2. The molecule has 0 aliphatic rings. The first-order valence-corrected chi connectivity index (χ1v) is 8.98. The lowest BCUT2D eigenvalue weighted by molar-refractivity contribution is -0.177. The van der Waals surface area contributed by atoms with Gasteiger partial charge in [0.05, 0.1) is 12.1 Å². The molecule has 0 aliphatic carbocycles. The van der Waals surface area contributed by atoms with Gasteiger partial charge in [0.1, 0.15) is 13.2 Å². The van der Waals surface area contributed by atoms with Gasteiger partial charge in [0.15, 0.2) is 12.2 Å². The smallest absolute Gasteiger partial charge is 0.303 e. The highest BCUT2D eigenvalue weighted by Crippen LogP contribution is 2.16. The van der Waals surface area contributed by atoms with Crippen LogP contribution in [-0.4, -0.2) is 73.2 Å². The molecule has 170 valence electrons. The van der Waals surface area contributed by atoms with Crippen molar-refractivity contribution in [2.75, 3.05) is 13.2 Å². The summed E-state index contributed by atoms with van der Waals surface area (Å²) >= 11 is 0. The van der Waals surface area contributed by atoms with Crippen LogP contribution in [0.25, 0.3) is 0 Å². The van der Waals surface area contributed by atoms with Crippen LogP contribution in [0.4, 0.5) is 0 Å². The van der Waals surface area contributed by atoms with Crippen LogP contribution in [0, 0.1) is 0 Å². The minimum Gasteiger partial charge on any atom is -0.464 e. The molecule has 12 nitrogen and oxygen atoms in total. The molecule has 0 saturated heterocycles. The van der Waals surface area contributed by atoms with Crippen molar-refractivity contribution in [1.29, 1.82) is 0 Å². The van der Waals surface area contributed by atoms with Crippen molar-refractivity contribution in [3.8, 4) is 0 Å². The summed E-state index contributed by atoms with van der Waals surface area (Å²) in [6.07, 6.45) is -2.73. The topological polar surface area (TPSA) is 163 Å². The zero-order valence-electron chi connectivity index (χ0n) is 17.8. The molecule has 2 N–H and O–H groups in total. The Kier molecular flexibility index (Phi) is 11.7. The molecule has 0 saturated carbocycles. The maximum absolute atomic E-state index is 11.8. The molecule has 0 bridgehead atoms. The number of carbonyl (C=O) groups excluding carboxylic acids is 6. The minimum absolute atomic E-state index is 0.391. The van der Waals surface area contributed by atoms with E-state index in [0.29, 0.717) is 0 Å². The van der Waals surface area contributed by atoms with Gasteiger partial charge >= 0.3 is 23.9 Å². The molecule has 0 fully saturated rings. The Labute approximate surface area is 173 Å². The molecule has 0 spiro atoms. The van der Waals surface area contributed by atoms with Crippen LogP contribution in [0.3, 0.4) is 0 Å². The van der Waals surface area contributed by atoms with E-state index in [1.165, 1.54) is 13.8 Å². The van der Waals surface area contributed by atoms with Gasteiger partial charge in [-0.15, -0.1) is 0 Å². The van der Waals surface area contributed by atoms with Crippen molar-refractivity contribution < 1.29 is 47.7 Å². The Balaban J connectivity index is 6.19. The molecule has 0 aliphatic heterocycles. The lowest BCUT2D eigenvalue weighted by atomic mass is 9.97. The second kappa shape index (κ2) is 13.1. The fraction of sp³-hybridized carbons (Fsp3) is 0.667. The van der Waals surface area contributed by atoms with Crippen molar-refractivity contribution in [3.63, 3.8) is 0 Å². The standard InChI is InChI=1S/C18H28N2O10/c1-9(21)19-15(7-27-11(3)23)17(20-10(2)22)18(30-14(6)26)16(29-13(5)25)8-28-12(4)24/h15-18H,7-8H2,1-6H3,(H,19,21)(H,20,22)/t15-,16+,17+,18+/m0/s1. The molecular weight excluding hydrogens is 404 g/mol.